The minimum absolute atomic E-state index is 0.568. The maximum absolute atomic E-state index is 8.67. The van der Waals surface area contributed by atoms with Crippen molar-refractivity contribution >= 4 is 0 Å². The normalized spacial score (nSPS) is 15.5. The maximum Gasteiger partial charge on any atom is 0.119 e. The Hall–Kier alpha value is -1.53. The molecule has 0 bridgehead atoms. The Bertz CT molecular complexity index is 388. The summed E-state index contributed by atoms with van der Waals surface area (Å²) in [5.74, 6) is 1.55. The van der Waals surface area contributed by atoms with Crippen LogP contribution in [0.15, 0.2) is 24.3 Å². The summed E-state index contributed by atoms with van der Waals surface area (Å²) in [7, 11) is 0. The number of rotatable bonds is 6. The molecule has 1 aromatic carbocycles. The molecule has 0 saturated heterocycles. The van der Waals surface area contributed by atoms with Crippen molar-refractivity contribution in [3.8, 4) is 11.8 Å². The standard InChI is InChI=1S/C15H19NO2/c16-11-13-5-7-15(8-6-13)18-10-9-17-12-14-3-1-2-4-14/h5-8,14H,1-4,9-10,12H2. The van der Waals surface area contributed by atoms with Gasteiger partial charge in [-0.3, -0.25) is 0 Å². The fraction of sp³-hybridized carbons (Fsp3) is 0.533. The molecule has 0 aliphatic heterocycles. The van der Waals surface area contributed by atoms with Crippen molar-refractivity contribution < 1.29 is 9.47 Å². The molecule has 0 aromatic heterocycles. The molecule has 0 radical (unpaired) electrons. The van der Waals surface area contributed by atoms with E-state index < -0.39 is 0 Å². The van der Waals surface area contributed by atoms with E-state index in [4.69, 9.17) is 14.7 Å². The van der Waals surface area contributed by atoms with Gasteiger partial charge in [-0.1, -0.05) is 12.8 Å². The molecule has 1 fully saturated rings. The lowest BCUT2D eigenvalue weighted by Crippen LogP contribution is -2.11. The zero-order chi connectivity index (χ0) is 12.6. The smallest absolute Gasteiger partial charge is 0.119 e. The van der Waals surface area contributed by atoms with Gasteiger partial charge in [-0.15, -0.1) is 0 Å². The predicted molar refractivity (Wildman–Crippen MR) is 69.4 cm³/mol. The topological polar surface area (TPSA) is 42.2 Å². The summed E-state index contributed by atoms with van der Waals surface area (Å²) < 4.78 is 11.1. The van der Waals surface area contributed by atoms with Crippen molar-refractivity contribution in [1.29, 1.82) is 5.26 Å². The number of hydrogen-bond donors (Lipinski definition) is 0. The molecule has 18 heavy (non-hydrogen) atoms. The molecule has 1 aliphatic rings. The Morgan fingerprint density at radius 3 is 2.50 bits per heavy atom. The summed E-state index contributed by atoms with van der Waals surface area (Å²) in [6.07, 6.45) is 5.35. The zero-order valence-corrected chi connectivity index (χ0v) is 10.6. The van der Waals surface area contributed by atoms with E-state index in [1.165, 1.54) is 25.7 Å². The van der Waals surface area contributed by atoms with Crippen LogP contribution in [0.3, 0.4) is 0 Å². The van der Waals surface area contributed by atoms with Gasteiger partial charge in [0.25, 0.3) is 0 Å². The third kappa shape index (κ3) is 4.05. The summed E-state index contributed by atoms with van der Waals surface area (Å²) in [6.45, 7) is 2.08. The van der Waals surface area contributed by atoms with Crippen LogP contribution >= 0.6 is 0 Å². The molecule has 2 rings (SSSR count). The first kappa shape index (κ1) is 12.9. The van der Waals surface area contributed by atoms with Gasteiger partial charge in [0.1, 0.15) is 12.4 Å². The third-order valence-electron chi connectivity index (χ3n) is 3.31. The highest BCUT2D eigenvalue weighted by molar-refractivity contribution is 5.34. The highest BCUT2D eigenvalue weighted by atomic mass is 16.5. The molecule has 3 heteroatoms. The fourth-order valence-electron chi connectivity index (χ4n) is 2.27. The van der Waals surface area contributed by atoms with E-state index in [1.54, 1.807) is 12.1 Å². The monoisotopic (exact) mass is 245 g/mol. The second kappa shape index (κ2) is 7.03. The van der Waals surface area contributed by atoms with Crippen molar-refractivity contribution in [2.75, 3.05) is 19.8 Å². The lowest BCUT2D eigenvalue weighted by molar-refractivity contribution is 0.0754. The highest BCUT2D eigenvalue weighted by Crippen LogP contribution is 2.24. The Morgan fingerprint density at radius 1 is 1.11 bits per heavy atom. The summed E-state index contributed by atoms with van der Waals surface area (Å²) in [5, 5.41) is 8.67. The first-order valence-electron chi connectivity index (χ1n) is 6.59. The van der Waals surface area contributed by atoms with Gasteiger partial charge in [-0.05, 0) is 43.0 Å². The Kier molecular flexibility index (Phi) is 5.04. The molecule has 0 heterocycles. The molecular formula is C15H19NO2. The molecule has 1 aliphatic carbocycles. The van der Waals surface area contributed by atoms with Gasteiger partial charge >= 0.3 is 0 Å². The van der Waals surface area contributed by atoms with Gasteiger partial charge in [0.2, 0.25) is 0 Å². The van der Waals surface area contributed by atoms with E-state index in [9.17, 15) is 0 Å². The second-order valence-electron chi connectivity index (χ2n) is 4.71. The number of ether oxygens (including phenoxy) is 2. The average molecular weight is 245 g/mol. The van der Waals surface area contributed by atoms with Crippen molar-refractivity contribution in [3.05, 3.63) is 29.8 Å². The zero-order valence-electron chi connectivity index (χ0n) is 10.6. The summed E-state index contributed by atoms with van der Waals surface area (Å²) in [5.41, 5.74) is 0.653. The van der Waals surface area contributed by atoms with Gasteiger partial charge < -0.3 is 9.47 Å². The second-order valence-corrected chi connectivity index (χ2v) is 4.71. The lowest BCUT2D eigenvalue weighted by Gasteiger charge is -2.10. The van der Waals surface area contributed by atoms with Crippen molar-refractivity contribution in [2.24, 2.45) is 5.92 Å². The largest absolute Gasteiger partial charge is 0.491 e. The summed E-state index contributed by atoms with van der Waals surface area (Å²) in [6, 6.07) is 9.23. The molecule has 0 amide bonds. The minimum Gasteiger partial charge on any atom is -0.491 e. The van der Waals surface area contributed by atoms with Crippen LogP contribution in [0, 0.1) is 17.2 Å². The Balaban J connectivity index is 1.58. The van der Waals surface area contributed by atoms with Gasteiger partial charge in [-0.25, -0.2) is 0 Å². The van der Waals surface area contributed by atoms with Gasteiger partial charge in [0.15, 0.2) is 0 Å². The van der Waals surface area contributed by atoms with Crippen LogP contribution in [0.5, 0.6) is 5.75 Å². The first-order chi connectivity index (χ1) is 8.88. The maximum atomic E-state index is 8.67. The minimum atomic E-state index is 0.568. The van der Waals surface area contributed by atoms with Gasteiger partial charge in [0, 0.05) is 6.61 Å². The number of benzene rings is 1. The van der Waals surface area contributed by atoms with E-state index >= 15 is 0 Å². The quantitative estimate of drug-likeness (QED) is 0.723. The molecule has 0 atom stereocenters. The van der Waals surface area contributed by atoms with E-state index in [2.05, 4.69) is 6.07 Å². The van der Waals surface area contributed by atoms with Gasteiger partial charge in [-0.2, -0.15) is 5.26 Å². The molecule has 0 spiro atoms. The van der Waals surface area contributed by atoms with Crippen LogP contribution in [0.1, 0.15) is 31.2 Å². The molecule has 96 valence electrons. The molecule has 1 aromatic rings. The third-order valence-corrected chi connectivity index (χ3v) is 3.31. The highest BCUT2D eigenvalue weighted by Gasteiger charge is 2.14. The van der Waals surface area contributed by atoms with E-state index in [0.717, 1.165) is 18.3 Å². The fourth-order valence-corrected chi connectivity index (χ4v) is 2.27. The summed E-state index contributed by atoms with van der Waals surface area (Å²) in [4.78, 5) is 0. The Labute approximate surface area is 108 Å². The molecule has 0 unspecified atom stereocenters. The molecular weight excluding hydrogens is 226 g/mol. The van der Waals surface area contributed by atoms with E-state index in [-0.39, 0.29) is 0 Å². The van der Waals surface area contributed by atoms with Crippen molar-refractivity contribution in [2.45, 2.75) is 25.7 Å². The van der Waals surface area contributed by atoms with Crippen LogP contribution in [0.25, 0.3) is 0 Å². The van der Waals surface area contributed by atoms with Crippen molar-refractivity contribution in [3.63, 3.8) is 0 Å². The number of hydrogen-bond acceptors (Lipinski definition) is 3. The SMILES string of the molecule is N#Cc1ccc(OCCOCC2CCCC2)cc1. The Morgan fingerprint density at radius 2 is 1.83 bits per heavy atom. The van der Waals surface area contributed by atoms with Gasteiger partial charge in [0.05, 0.1) is 18.2 Å². The molecule has 0 N–H and O–H groups in total. The van der Waals surface area contributed by atoms with Crippen molar-refractivity contribution in [1.82, 2.24) is 0 Å². The molecule has 1 saturated carbocycles. The van der Waals surface area contributed by atoms with E-state index in [0.29, 0.717) is 18.8 Å². The average Bonchev–Trinajstić information content (AvgIpc) is 2.92. The molecule has 3 nitrogen and oxygen atoms in total. The van der Waals surface area contributed by atoms with Crippen LogP contribution in [0.2, 0.25) is 0 Å². The summed E-state index contributed by atoms with van der Waals surface area (Å²) >= 11 is 0. The number of nitriles is 1. The predicted octanol–water partition coefficient (Wildman–Crippen LogP) is 3.14. The van der Waals surface area contributed by atoms with Crippen LogP contribution < -0.4 is 4.74 Å². The van der Waals surface area contributed by atoms with E-state index in [1.807, 2.05) is 12.1 Å². The van der Waals surface area contributed by atoms with Crippen LogP contribution in [0.4, 0.5) is 0 Å². The van der Waals surface area contributed by atoms with Crippen LogP contribution in [-0.2, 0) is 4.74 Å². The first-order valence-corrected chi connectivity index (χ1v) is 6.59. The van der Waals surface area contributed by atoms with Crippen LogP contribution in [-0.4, -0.2) is 19.8 Å². The lowest BCUT2D eigenvalue weighted by atomic mass is 10.1. The number of nitrogens with zero attached hydrogens (tertiary/aromatic N) is 1.